The molecule has 27 heavy (non-hydrogen) atoms. The second-order valence-electron chi connectivity index (χ2n) is 7.17. The van der Waals surface area contributed by atoms with Crippen molar-refractivity contribution in [3.8, 4) is 0 Å². The minimum atomic E-state index is -1.23. The van der Waals surface area contributed by atoms with E-state index in [0.717, 1.165) is 19.3 Å². The molecule has 0 heterocycles. The zero-order chi connectivity index (χ0) is 18.8. The van der Waals surface area contributed by atoms with Crippen molar-refractivity contribution >= 4 is 87.4 Å². The maximum atomic E-state index is 11.3. The Morgan fingerprint density at radius 2 is 1.07 bits per heavy atom. The molecule has 0 saturated heterocycles. The molecule has 0 saturated carbocycles. The fourth-order valence-electron chi connectivity index (χ4n) is 2.89. The molecule has 0 aromatic carbocycles. The number of esters is 2. The van der Waals surface area contributed by atoms with Gasteiger partial charge in [-0.2, -0.15) is 0 Å². The van der Waals surface area contributed by atoms with E-state index in [4.69, 9.17) is 5.11 Å². The van der Waals surface area contributed by atoms with Crippen molar-refractivity contribution in [1.82, 2.24) is 0 Å². The third-order valence-corrected chi connectivity index (χ3v) is 4.54. The summed E-state index contributed by atoms with van der Waals surface area (Å²) in [6.07, 6.45) is 18.2. The number of carbonyl (C=O) groups excluding carboxylic acids is 2. The molecule has 0 radical (unpaired) electrons. The maximum Gasteiger partial charge on any atom is 2.00 e. The summed E-state index contributed by atoms with van der Waals surface area (Å²) in [5.41, 5.74) is 0. The molecule has 0 aliphatic heterocycles. The molecule has 0 aliphatic carbocycles. The number of rotatable bonds is 17. The van der Waals surface area contributed by atoms with Crippen LogP contribution in [0, 0.1) is 0 Å². The van der Waals surface area contributed by atoms with Crippen molar-refractivity contribution in [2.45, 2.75) is 123 Å². The summed E-state index contributed by atoms with van der Waals surface area (Å²) in [5.74, 6) is -1.38. The largest absolute Gasteiger partial charge is 2.00 e. The molecule has 1 unspecified atom stereocenters. The predicted molar refractivity (Wildman–Crippen MR) is 118 cm³/mol. The molecule has 1 N–H and O–H groups in total. The summed E-state index contributed by atoms with van der Waals surface area (Å²) in [4.78, 5) is 22.4. The van der Waals surface area contributed by atoms with E-state index in [1.807, 2.05) is 0 Å². The zero-order valence-electron chi connectivity index (χ0n) is 22.0. The van der Waals surface area contributed by atoms with Gasteiger partial charge in [0.1, 0.15) is 6.10 Å². The summed E-state index contributed by atoms with van der Waals surface area (Å²) in [7, 11) is 0. The van der Waals surface area contributed by atoms with Gasteiger partial charge in [0.05, 0.1) is 0 Å². The van der Waals surface area contributed by atoms with Crippen LogP contribution >= 0.6 is 0 Å². The Balaban J connectivity index is -0.000000192. The fraction of sp³-hybridized carbons (Fsp3) is 0.905. The SMILES string of the molecule is CCCCCCCCCCCCCCCCCC(=O)OC(=O)C(C)O.[Ca+2].[Ca+2].[H-].[H-].[H-].[H-]. The molecule has 0 bridgehead atoms. The van der Waals surface area contributed by atoms with E-state index in [1.165, 1.54) is 84.0 Å². The average molecular weight is 441 g/mol. The molecule has 0 spiro atoms. The van der Waals surface area contributed by atoms with Gasteiger partial charge in [0.15, 0.2) is 0 Å². The van der Waals surface area contributed by atoms with E-state index in [1.54, 1.807) is 0 Å². The van der Waals surface area contributed by atoms with Gasteiger partial charge in [-0.05, 0) is 13.3 Å². The Bertz CT molecular complexity index is 353. The van der Waals surface area contributed by atoms with Gasteiger partial charge in [-0.25, -0.2) is 4.79 Å². The van der Waals surface area contributed by atoms with E-state index in [2.05, 4.69) is 11.7 Å². The van der Waals surface area contributed by atoms with E-state index in [0.29, 0.717) is 0 Å². The van der Waals surface area contributed by atoms with Crippen LogP contribution in [0.2, 0.25) is 0 Å². The monoisotopic (exact) mass is 440 g/mol. The van der Waals surface area contributed by atoms with Crippen LogP contribution in [0.15, 0.2) is 0 Å². The predicted octanol–water partition coefficient (Wildman–Crippen LogP) is 5.39. The average Bonchev–Trinajstić information content (AvgIpc) is 2.58. The van der Waals surface area contributed by atoms with Crippen LogP contribution < -0.4 is 0 Å². The smallest absolute Gasteiger partial charge is 1.00 e. The molecular formula is C21H44Ca2O4. The minimum Gasteiger partial charge on any atom is -1.00 e. The van der Waals surface area contributed by atoms with Crippen LogP contribution in [0.1, 0.15) is 122 Å². The van der Waals surface area contributed by atoms with Gasteiger partial charge in [-0.3, -0.25) is 4.79 Å². The standard InChI is InChI=1S/C21H40O4.2Ca.4H/c1-3-4-5-6-7-8-9-10-11-12-13-14-15-16-17-18-20(23)25-21(24)19(2)22;;;;;;/h19,22H,3-18H2,1-2H3;;;;;;/q;2*+2;4*-1. The Kier molecular flexibility index (Phi) is 31.6. The van der Waals surface area contributed by atoms with Gasteiger partial charge in [0.2, 0.25) is 0 Å². The maximum absolute atomic E-state index is 11.3. The third-order valence-electron chi connectivity index (χ3n) is 4.54. The summed E-state index contributed by atoms with van der Waals surface area (Å²) in [6.45, 7) is 3.55. The van der Waals surface area contributed by atoms with E-state index < -0.39 is 18.0 Å². The van der Waals surface area contributed by atoms with Gasteiger partial charge in [-0.15, -0.1) is 0 Å². The van der Waals surface area contributed by atoms with Gasteiger partial charge < -0.3 is 15.5 Å². The molecule has 156 valence electrons. The van der Waals surface area contributed by atoms with Gasteiger partial charge >= 0.3 is 87.4 Å². The van der Waals surface area contributed by atoms with Crippen molar-refractivity contribution in [3.05, 3.63) is 0 Å². The first kappa shape index (κ1) is 33.3. The first-order chi connectivity index (χ1) is 12.1. The molecular weight excluding hydrogens is 396 g/mol. The quantitative estimate of drug-likeness (QED) is 0.143. The van der Waals surface area contributed by atoms with Crippen LogP contribution in [0.3, 0.4) is 0 Å². The van der Waals surface area contributed by atoms with Crippen molar-refractivity contribution in [3.63, 3.8) is 0 Å². The molecule has 0 aliphatic rings. The van der Waals surface area contributed by atoms with Crippen LogP contribution in [0.25, 0.3) is 0 Å². The molecule has 1 atom stereocenters. The van der Waals surface area contributed by atoms with Crippen molar-refractivity contribution in [1.29, 1.82) is 0 Å². The van der Waals surface area contributed by atoms with E-state index in [-0.39, 0.29) is 87.6 Å². The fourth-order valence-corrected chi connectivity index (χ4v) is 2.89. The summed E-state index contributed by atoms with van der Waals surface area (Å²) in [6, 6.07) is 0. The van der Waals surface area contributed by atoms with Crippen molar-refractivity contribution in [2.24, 2.45) is 0 Å². The number of unbranched alkanes of at least 4 members (excludes halogenated alkanes) is 14. The molecule has 0 fully saturated rings. The molecule has 4 nitrogen and oxygen atoms in total. The van der Waals surface area contributed by atoms with Crippen LogP contribution in [0.4, 0.5) is 0 Å². The Hall–Kier alpha value is 1.62. The molecule has 6 heteroatoms. The summed E-state index contributed by atoms with van der Waals surface area (Å²) >= 11 is 0. The number of aliphatic hydroxyl groups is 1. The Labute approximate surface area is 232 Å². The third kappa shape index (κ3) is 25.6. The van der Waals surface area contributed by atoms with Crippen LogP contribution in [-0.2, 0) is 14.3 Å². The first-order valence-electron chi connectivity index (χ1n) is 10.5. The number of hydrogen-bond donors (Lipinski definition) is 1. The second-order valence-corrected chi connectivity index (χ2v) is 7.17. The minimum absolute atomic E-state index is 0. The topological polar surface area (TPSA) is 63.6 Å². The summed E-state index contributed by atoms with van der Waals surface area (Å²) < 4.78 is 4.50. The molecule has 0 rings (SSSR count). The molecule has 0 aromatic rings. The first-order valence-corrected chi connectivity index (χ1v) is 10.5. The Morgan fingerprint density at radius 3 is 1.41 bits per heavy atom. The number of ether oxygens (including phenoxy) is 1. The normalized spacial score (nSPS) is 11.2. The van der Waals surface area contributed by atoms with Crippen LogP contribution in [-0.4, -0.2) is 98.6 Å². The van der Waals surface area contributed by atoms with E-state index >= 15 is 0 Å². The number of aliphatic hydroxyl groups excluding tert-OH is 1. The van der Waals surface area contributed by atoms with Crippen molar-refractivity contribution in [2.75, 3.05) is 0 Å². The van der Waals surface area contributed by atoms with Crippen molar-refractivity contribution < 1.29 is 25.1 Å². The Morgan fingerprint density at radius 1 is 0.741 bits per heavy atom. The van der Waals surface area contributed by atoms with Crippen LogP contribution in [0.5, 0.6) is 0 Å². The van der Waals surface area contributed by atoms with Gasteiger partial charge in [0.25, 0.3) is 0 Å². The van der Waals surface area contributed by atoms with Gasteiger partial charge in [0, 0.05) is 6.42 Å². The molecule has 0 amide bonds. The number of hydrogen-bond acceptors (Lipinski definition) is 4. The second kappa shape index (κ2) is 25.7. The van der Waals surface area contributed by atoms with Gasteiger partial charge in [-0.1, -0.05) is 96.8 Å². The summed E-state index contributed by atoms with van der Waals surface area (Å²) in [5, 5.41) is 8.95. The number of carbonyl (C=O) groups is 2. The van der Waals surface area contributed by atoms with E-state index in [9.17, 15) is 9.59 Å². The zero-order valence-corrected chi connectivity index (χ0v) is 22.4. The molecule has 0 aromatic heterocycles.